The molecule has 0 amide bonds. The normalized spacial score (nSPS) is 12.5. The van der Waals surface area contributed by atoms with Crippen LogP contribution in [0, 0.1) is 0 Å². The monoisotopic (exact) mass is 222 g/mol. The highest BCUT2D eigenvalue weighted by atomic mass is 16.3. The van der Waals surface area contributed by atoms with Crippen LogP contribution < -0.4 is 4.90 Å². The second-order valence-corrected chi connectivity index (χ2v) is 4.06. The number of unbranched alkanes of at least 4 members (excludes halogenated alkanes) is 1. The van der Waals surface area contributed by atoms with Gasteiger partial charge in [0.25, 0.3) is 0 Å². The standard InChI is InChI=1S/C13H22N2O/c1-4-6-9-15(5-2)13-10-12(11(3)16)7-8-14-13/h7-8,10-11,16H,4-6,9H2,1-3H3/t11-/m0/s1. The van der Waals surface area contributed by atoms with Crippen LogP contribution >= 0.6 is 0 Å². The molecule has 1 atom stereocenters. The van der Waals surface area contributed by atoms with Crippen molar-refractivity contribution in [3.05, 3.63) is 23.9 Å². The first-order valence-corrected chi connectivity index (χ1v) is 6.08. The summed E-state index contributed by atoms with van der Waals surface area (Å²) < 4.78 is 0. The molecular formula is C13H22N2O. The van der Waals surface area contributed by atoms with E-state index in [0.717, 1.165) is 24.5 Å². The Balaban J connectivity index is 2.79. The molecular weight excluding hydrogens is 200 g/mol. The molecule has 0 aromatic carbocycles. The van der Waals surface area contributed by atoms with Gasteiger partial charge >= 0.3 is 0 Å². The van der Waals surface area contributed by atoms with Crippen molar-refractivity contribution in [2.75, 3.05) is 18.0 Å². The molecule has 0 radical (unpaired) electrons. The Kier molecular flexibility index (Phi) is 5.26. The summed E-state index contributed by atoms with van der Waals surface area (Å²) in [6.45, 7) is 8.08. The molecule has 0 saturated carbocycles. The zero-order valence-corrected chi connectivity index (χ0v) is 10.5. The SMILES string of the molecule is CCCCN(CC)c1cc([C@H](C)O)ccn1. The quantitative estimate of drug-likeness (QED) is 0.804. The fraction of sp³-hybridized carbons (Fsp3) is 0.615. The summed E-state index contributed by atoms with van der Waals surface area (Å²) in [4.78, 5) is 6.61. The largest absolute Gasteiger partial charge is 0.389 e. The van der Waals surface area contributed by atoms with Crippen LogP contribution in [-0.4, -0.2) is 23.2 Å². The van der Waals surface area contributed by atoms with Gasteiger partial charge in [0.1, 0.15) is 5.82 Å². The van der Waals surface area contributed by atoms with Gasteiger partial charge in [-0.1, -0.05) is 13.3 Å². The lowest BCUT2D eigenvalue weighted by Gasteiger charge is -2.22. The lowest BCUT2D eigenvalue weighted by Crippen LogP contribution is -2.24. The van der Waals surface area contributed by atoms with Gasteiger partial charge in [0.05, 0.1) is 6.10 Å². The summed E-state index contributed by atoms with van der Waals surface area (Å²) in [6, 6.07) is 3.84. The third-order valence-electron chi connectivity index (χ3n) is 2.74. The molecule has 0 fully saturated rings. The first-order chi connectivity index (χ1) is 7.69. The summed E-state index contributed by atoms with van der Waals surface area (Å²) in [5.41, 5.74) is 0.931. The smallest absolute Gasteiger partial charge is 0.128 e. The highest BCUT2D eigenvalue weighted by Gasteiger charge is 2.07. The van der Waals surface area contributed by atoms with Gasteiger partial charge < -0.3 is 10.0 Å². The van der Waals surface area contributed by atoms with Crippen LogP contribution in [0.3, 0.4) is 0 Å². The number of pyridine rings is 1. The van der Waals surface area contributed by atoms with Gasteiger partial charge in [0.2, 0.25) is 0 Å². The highest BCUT2D eigenvalue weighted by molar-refractivity contribution is 5.41. The van der Waals surface area contributed by atoms with Crippen molar-refractivity contribution in [1.29, 1.82) is 0 Å². The van der Waals surface area contributed by atoms with Crippen molar-refractivity contribution in [3.8, 4) is 0 Å². The van der Waals surface area contributed by atoms with Crippen LogP contribution in [0.5, 0.6) is 0 Å². The maximum Gasteiger partial charge on any atom is 0.128 e. The minimum absolute atomic E-state index is 0.424. The topological polar surface area (TPSA) is 36.4 Å². The summed E-state index contributed by atoms with van der Waals surface area (Å²) in [7, 11) is 0. The molecule has 0 aliphatic rings. The number of aromatic nitrogens is 1. The van der Waals surface area contributed by atoms with E-state index in [1.165, 1.54) is 12.8 Å². The number of anilines is 1. The number of nitrogens with zero attached hydrogens (tertiary/aromatic N) is 2. The summed E-state index contributed by atoms with van der Waals surface area (Å²) in [6.07, 6.45) is 3.71. The van der Waals surface area contributed by atoms with Crippen LogP contribution in [0.4, 0.5) is 5.82 Å². The Bertz CT molecular complexity index is 313. The molecule has 1 rings (SSSR count). The van der Waals surface area contributed by atoms with E-state index in [9.17, 15) is 5.11 Å². The average Bonchev–Trinajstić information content (AvgIpc) is 2.30. The van der Waals surface area contributed by atoms with E-state index in [-0.39, 0.29) is 0 Å². The van der Waals surface area contributed by atoms with Crippen molar-refractivity contribution in [3.63, 3.8) is 0 Å². The van der Waals surface area contributed by atoms with Crippen molar-refractivity contribution in [2.24, 2.45) is 0 Å². The van der Waals surface area contributed by atoms with E-state index >= 15 is 0 Å². The predicted molar refractivity (Wildman–Crippen MR) is 67.7 cm³/mol. The van der Waals surface area contributed by atoms with Gasteiger partial charge in [-0.3, -0.25) is 0 Å². The number of aliphatic hydroxyl groups is 1. The van der Waals surface area contributed by atoms with E-state index < -0.39 is 6.10 Å². The first-order valence-electron chi connectivity index (χ1n) is 6.08. The highest BCUT2D eigenvalue weighted by Crippen LogP contribution is 2.18. The van der Waals surface area contributed by atoms with Gasteiger partial charge in [0.15, 0.2) is 0 Å². The maximum absolute atomic E-state index is 9.53. The zero-order valence-electron chi connectivity index (χ0n) is 10.5. The molecule has 16 heavy (non-hydrogen) atoms. The van der Waals surface area contributed by atoms with E-state index in [1.807, 2.05) is 12.1 Å². The molecule has 1 heterocycles. The van der Waals surface area contributed by atoms with Gasteiger partial charge in [-0.15, -0.1) is 0 Å². The van der Waals surface area contributed by atoms with E-state index in [4.69, 9.17) is 0 Å². The van der Waals surface area contributed by atoms with Crippen molar-refractivity contribution < 1.29 is 5.11 Å². The predicted octanol–water partition coefficient (Wildman–Crippen LogP) is 2.76. The van der Waals surface area contributed by atoms with Crippen molar-refractivity contribution in [2.45, 2.75) is 39.7 Å². The van der Waals surface area contributed by atoms with Crippen LogP contribution in [0.1, 0.15) is 45.3 Å². The lowest BCUT2D eigenvalue weighted by molar-refractivity contribution is 0.199. The minimum Gasteiger partial charge on any atom is -0.389 e. The molecule has 1 aromatic rings. The van der Waals surface area contributed by atoms with Crippen LogP contribution in [-0.2, 0) is 0 Å². The molecule has 0 saturated heterocycles. The van der Waals surface area contributed by atoms with Crippen LogP contribution in [0.15, 0.2) is 18.3 Å². The molecule has 0 unspecified atom stereocenters. The van der Waals surface area contributed by atoms with Crippen molar-refractivity contribution in [1.82, 2.24) is 4.98 Å². The molecule has 90 valence electrons. The number of rotatable bonds is 6. The number of hydrogen-bond donors (Lipinski definition) is 1. The molecule has 0 aliphatic carbocycles. The fourth-order valence-corrected chi connectivity index (χ4v) is 1.65. The van der Waals surface area contributed by atoms with Gasteiger partial charge in [-0.25, -0.2) is 4.98 Å². The summed E-state index contributed by atoms with van der Waals surface area (Å²) >= 11 is 0. The molecule has 3 nitrogen and oxygen atoms in total. The number of aliphatic hydroxyl groups excluding tert-OH is 1. The molecule has 1 aromatic heterocycles. The molecule has 0 aliphatic heterocycles. The Morgan fingerprint density at radius 3 is 2.75 bits per heavy atom. The fourth-order valence-electron chi connectivity index (χ4n) is 1.65. The van der Waals surface area contributed by atoms with E-state index in [2.05, 4.69) is 23.7 Å². The Morgan fingerprint density at radius 2 is 2.19 bits per heavy atom. The third-order valence-corrected chi connectivity index (χ3v) is 2.74. The number of hydrogen-bond acceptors (Lipinski definition) is 3. The Hall–Kier alpha value is -1.09. The second-order valence-electron chi connectivity index (χ2n) is 4.06. The zero-order chi connectivity index (χ0) is 12.0. The lowest BCUT2D eigenvalue weighted by atomic mass is 10.1. The van der Waals surface area contributed by atoms with Crippen LogP contribution in [0.25, 0.3) is 0 Å². The molecule has 0 bridgehead atoms. The first kappa shape index (κ1) is 13.0. The molecule has 1 N–H and O–H groups in total. The summed E-state index contributed by atoms with van der Waals surface area (Å²) in [5.74, 6) is 0.967. The van der Waals surface area contributed by atoms with Crippen LogP contribution in [0.2, 0.25) is 0 Å². The Morgan fingerprint density at radius 1 is 1.44 bits per heavy atom. The maximum atomic E-state index is 9.53. The van der Waals surface area contributed by atoms with Gasteiger partial charge in [0, 0.05) is 19.3 Å². The van der Waals surface area contributed by atoms with E-state index in [0.29, 0.717) is 0 Å². The molecule has 3 heteroatoms. The van der Waals surface area contributed by atoms with Gasteiger partial charge in [-0.05, 0) is 38.0 Å². The molecule has 0 spiro atoms. The minimum atomic E-state index is -0.424. The second kappa shape index (κ2) is 6.48. The average molecular weight is 222 g/mol. The Labute approximate surface area is 98.1 Å². The van der Waals surface area contributed by atoms with Gasteiger partial charge in [-0.2, -0.15) is 0 Å². The van der Waals surface area contributed by atoms with E-state index in [1.54, 1.807) is 13.1 Å². The third kappa shape index (κ3) is 3.49. The summed E-state index contributed by atoms with van der Waals surface area (Å²) in [5, 5.41) is 9.53. The van der Waals surface area contributed by atoms with Crippen molar-refractivity contribution >= 4 is 5.82 Å².